The van der Waals surface area contributed by atoms with E-state index >= 15 is 0 Å². The standard InChI is InChI=1S/C12H31NO4Si3/c1-8-13(2)9-12(14)10-15-11-20(7,16-18(3)4)17-19(5)6/h12,14H,8-11H2,1-7H3. The Morgan fingerprint density at radius 1 is 1.15 bits per heavy atom. The summed E-state index contributed by atoms with van der Waals surface area (Å²) in [5.74, 6) is 0. The van der Waals surface area contributed by atoms with Gasteiger partial charge >= 0.3 is 8.56 Å². The zero-order valence-corrected chi connectivity index (χ0v) is 17.0. The van der Waals surface area contributed by atoms with E-state index in [1.807, 2.05) is 7.05 Å². The molecule has 1 unspecified atom stereocenters. The van der Waals surface area contributed by atoms with E-state index in [1.165, 1.54) is 0 Å². The average molecular weight is 338 g/mol. The van der Waals surface area contributed by atoms with Crippen LogP contribution in [0.25, 0.3) is 0 Å². The summed E-state index contributed by atoms with van der Waals surface area (Å²) in [5, 5.41) is 9.89. The zero-order valence-electron chi connectivity index (χ0n) is 14.0. The molecule has 0 spiro atoms. The van der Waals surface area contributed by atoms with Crippen LogP contribution in [-0.4, -0.2) is 75.7 Å². The van der Waals surface area contributed by atoms with Crippen LogP contribution in [0.4, 0.5) is 0 Å². The summed E-state index contributed by atoms with van der Waals surface area (Å²) in [4.78, 5) is 2.07. The minimum atomic E-state index is -2.25. The Bertz CT molecular complexity index is 247. The molecule has 0 aromatic rings. The van der Waals surface area contributed by atoms with Crippen molar-refractivity contribution in [3.63, 3.8) is 0 Å². The maximum atomic E-state index is 9.89. The maximum absolute atomic E-state index is 9.89. The van der Waals surface area contributed by atoms with Gasteiger partial charge in [0.25, 0.3) is 0 Å². The molecule has 0 saturated heterocycles. The number of likely N-dealkylation sites (N-methyl/N-ethyl adjacent to an activating group) is 1. The first-order valence-electron chi connectivity index (χ1n) is 7.11. The third-order valence-corrected chi connectivity index (χ3v) is 10.0. The van der Waals surface area contributed by atoms with Crippen LogP contribution in [0.2, 0.25) is 32.7 Å². The highest BCUT2D eigenvalue weighted by molar-refractivity contribution is 6.78. The predicted octanol–water partition coefficient (Wildman–Crippen LogP) is 1.46. The second-order valence-corrected chi connectivity index (χ2v) is 13.5. The molecule has 0 saturated carbocycles. The molecule has 0 amide bonds. The second kappa shape index (κ2) is 10.2. The van der Waals surface area contributed by atoms with E-state index in [1.54, 1.807) is 0 Å². The number of ether oxygens (including phenoxy) is 1. The summed E-state index contributed by atoms with van der Waals surface area (Å²) >= 11 is 0. The van der Waals surface area contributed by atoms with Gasteiger partial charge in [0.05, 0.1) is 18.9 Å². The van der Waals surface area contributed by atoms with Gasteiger partial charge in [-0.2, -0.15) is 0 Å². The van der Waals surface area contributed by atoms with Gasteiger partial charge in [0.1, 0.15) is 0 Å². The molecule has 5 nitrogen and oxygen atoms in total. The molecule has 0 aliphatic carbocycles. The highest BCUT2D eigenvalue weighted by Crippen LogP contribution is 2.12. The fourth-order valence-electron chi connectivity index (χ4n) is 1.87. The predicted molar refractivity (Wildman–Crippen MR) is 88.7 cm³/mol. The Balaban J connectivity index is 4.19. The van der Waals surface area contributed by atoms with Gasteiger partial charge in [-0.1, -0.05) is 6.92 Å². The van der Waals surface area contributed by atoms with Gasteiger partial charge < -0.3 is 23.0 Å². The molecular weight excluding hydrogens is 306 g/mol. The normalized spacial score (nSPS) is 14.6. The number of aliphatic hydroxyl groups is 1. The van der Waals surface area contributed by atoms with Gasteiger partial charge in [-0.15, -0.1) is 0 Å². The summed E-state index contributed by atoms with van der Waals surface area (Å²) in [7, 11) is -1.87. The van der Waals surface area contributed by atoms with Crippen molar-refractivity contribution in [3.05, 3.63) is 0 Å². The van der Waals surface area contributed by atoms with Gasteiger partial charge in [-0.25, -0.2) is 0 Å². The first-order valence-corrected chi connectivity index (χ1v) is 14.4. The molecule has 0 aromatic heterocycles. The van der Waals surface area contributed by atoms with E-state index in [2.05, 4.69) is 44.6 Å². The number of rotatable bonds is 11. The van der Waals surface area contributed by atoms with E-state index < -0.39 is 32.7 Å². The van der Waals surface area contributed by atoms with Crippen molar-refractivity contribution in [1.82, 2.24) is 4.90 Å². The van der Waals surface area contributed by atoms with Gasteiger partial charge in [-0.05, 0) is 46.3 Å². The summed E-state index contributed by atoms with van der Waals surface area (Å²) in [5.41, 5.74) is 0. The highest BCUT2D eigenvalue weighted by atomic mass is 28.5. The highest BCUT2D eigenvalue weighted by Gasteiger charge is 2.34. The lowest BCUT2D eigenvalue weighted by molar-refractivity contribution is 0.0303. The third-order valence-electron chi connectivity index (χ3n) is 2.58. The molecular formula is C12H31NO4Si3. The molecule has 1 N–H and O–H groups in total. The number of hydrogen-bond donors (Lipinski definition) is 1. The van der Waals surface area contributed by atoms with Crippen molar-refractivity contribution < 1.29 is 18.1 Å². The molecule has 2 radical (unpaired) electrons. The zero-order chi connectivity index (χ0) is 15.8. The van der Waals surface area contributed by atoms with Crippen LogP contribution < -0.4 is 0 Å². The Kier molecular flexibility index (Phi) is 10.5. The molecule has 1 atom stereocenters. The van der Waals surface area contributed by atoms with Crippen LogP contribution in [0, 0.1) is 0 Å². The molecule has 0 aromatic carbocycles. The molecule has 0 rings (SSSR count). The number of hydrogen-bond acceptors (Lipinski definition) is 5. The Morgan fingerprint density at radius 3 is 2.05 bits per heavy atom. The quantitative estimate of drug-likeness (QED) is 0.579. The van der Waals surface area contributed by atoms with E-state index in [0.29, 0.717) is 19.4 Å². The van der Waals surface area contributed by atoms with Crippen molar-refractivity contribution in [1.29, 1.82) is 0 Å². The van der Waals surface area contributed by atoms with Crippen molar-refractivity contribution in [2.24, 2.45) is 0 Å². The van der Waals surface area contributed by atoms with Crippen LogP contribution >= 0.6 is 0 Å². The topological polar surface area (TPSA) is 51.2 Å². The van der Waals surface area contributed by atoms with Crippen molar-refractivity contribution in [2.75, 3.05) is 33.0 Å². The van der Waals surface area contributed by atoms with Gasteiger partial charge in [0.15, 0.2) is 18.1 Å². The van der Waals surface area contributed by atoms with Crippen molar-refractivity contribution in [2.45, 2.75) is 45.8 Å². The van der Waals surface area contributed by atoms with Crippen LogP contribution in [0.3, 0.4) is 0 Å². The summed E-state index contributed by atoms with van der Waals surface area (Å²) in [6, 6.07) is 0. The third kappa shape index (κ3) is 10.2. The smallest absolute Gasteiger partial charge is 0.340 e. The largest absolute Gasteiger partial charge is 0.435 e. The molecule has 20 heavy (non-hydrogen) atoms. The Morgan fingerprint density at radius 2 is 1.65 bits per heavy atom. The first kappa shape index (κ1) is 20.5. The fourth-order valence-corrected chi connectivity index (χ4v) is 10.3. The SMILES string of the molecule is CCN(C)CC(O)COC[Si](C)(O[Si](C)C)O[Si](C)C. The van der Waals surface area contributed by atoms with Crippen LogP contribution in [0.15, 0.2) is 0 Å². The second-order valence-electron chi connectivity index (χ2n) is 5.68. The molecule has 120 valence electrons. The Hall–Kier alpha value is 0.451. The van der Waals surface area contributed by atoms with Crippen LogP contribution in [-0.2, 0) is 13.0 Å². The molecule has 0 aliphatic heterocycles. The minimum Gasteiger partial charge on any atom is -0.435 e. The molecule has 8 heteroatoms. The Labute approximate surface area is 128 Å². The molecule has 0 bridgehead atoms. The van der Waals surface area contributed by atoms with E-state index in [4.69, 9.17) is 13.0 Å². The van der Waals surface area contributed by atoms with Crippen LogP contribution in [0.5, 0.6) is 0 Å². The number of nitrogens with zero attached hydrogens (tertiary/aromatic N) is 1. The molecule has 0 fully saturated rings. The first-order chi connectivity index (χ1) is 9.18. The molecule has 0 heterocycles. The van der Waals surface area contributed by atoms with Crippen molar-refractivity contribution in [3.8, 4) is 0 Å². The van der Waals surface area contributed by atoms with Crippen molar-refractivity contribution >= 4 is 26.6 Å². The lowest BCUT2D eigenvalue weighted by Crippen LogP contribution is -2.50. The van der Waals surface area contributed by atoms with E-state index in [9.17, 15) is 5.11 Å². The van der Waals surface area contributed by atoms with Crippen LogP contribution in [0.1, 0.15) is 6.92 Å². The summed E-state index contributed by atoms with van der Waals surface area (Å²) < 4.78 is 17.8. The summed E-state index contributed by atoms with van der Waals surface area (Å²) in [6.07, 6.45) is 0.0326. The maximum Gasteiger partial charge on any atom is 0.340 e. The van der Waals surface area contributed by atoms with Gasteiger partial charge in [0, 0.05) is 6.54 Å². The lowest BCUT2D eigenvalue weighted by atomic mass is 10.3. The number of aliphatic hydroxyl groups excluding tert-OH is 1. The average Bonchev–Trinajstić information content (AvgIpc) is 2.25. The van der Waals surface area contributed by atoms with E-state index in [0.717, 1.165) is 6.54 Å². The van der Waals surface area contributed by atoms with Gasteiger partial charge in [0.2, 0.25) is 0 Å². The minimum absolute atomic E-state index is 0.338. The monoisotopic (exact) mass is 337 g/mol. The summed E-state index contributed by atoms with van der Waals surface area (Å²) in [6.45, 7) is 14.5. The van der Waals surface area contributed by atoms with Gasteiger partial charge in [-0.3, -0.25) is 0 Å². The lowest BCUT2D eigenvalue weighted by Gasteiger charge is -2.31. The molecule has 0 aliphatic rings. The fraction of sp³-hybridized carbons (Fsp3) is 1.00. The van der Waals surface area contributed by atoms with E-state index in [-0.39, 0.29) is 0 Å².